The molecule has 6 N–H and O–H groups in total. The number of nitrogens with zero attached hydrogens (tertiary/aromatic N) is 3. The van der Waals surface area contributed by atoms with Crippen molar-refractivity contribution in [3.8, 4) is 0 Å². The van der Waals surface area contributed by atoms with Crippen molar-refractivity contribution in [3.05, 3.63) is 52.5 Å². The molecule has 62 heavy (non-hydrogen) atoms. The summed E-state index contributed by atoms with van der Waals surface area (Å²) >= 11 is 2.34. The number of carbonyl (C=O) groups is 7. The van der Waals surface area contributed by atoms with Crippen LogP contribution < -0.4 is 31.9 Å². The molecule has 340 valence electrons. The van der Waals surface area contributed by atoms with E-state index in [1.54, 1.807) is 11.6 Å². The van der Waals surface area contributed by atoms with Crippen molar-refractivity contribution < 1.29 is 33.6 Å². The number of nitrogens with one attached hydrogen (secondary N) is 6. The highest BCUT2D eigenvalue weighted by atomic mass is 32.2. The van der Waals surface area contributed by atoms with Crippen molar-refractivity contribution in [2.75, 3.05) is 25.4 Å². The Balaban J connectivity index is 1.69. The molecule has 0 bridgehead atoms. The van der Waals surface area contributed by atoms with Crippen LogP contribution >= 0.6 is 23.1 Å². The summed E-state index contributed by atoms with van der Waals surface area (Å²) in [7, 11) is 0. The van der Waals surface area contributed by atoms with E-state index < -0.39 is 64.8 Å². The van der Waals surface area contributed by atoms with Crippen LogP contribution in [0.1, 0.15) is 98.7 Å². The number of aromatic nitrogens is 1. The average Bonchev–Trinajstić information content (AvgIpc) is 3.86. The van der Waals surface area contributed by atoms with Gasteiger partial charge in [-0.3, -0.25) is 38.6 Å². The lowest BCUT2D eigenvalue weighted by molar-refractivity contribution is -0.140. The van der Waals surface area contributed by atoms with Crippen molar-refractivity contribution >= 4 is 69.5 Å². The Bertz CT molecular complexity index is 1930. The number of hydrogen-bond donors (Lipinski definition) is 6. The summed E-state index contributed by atoms with van der Waals surface area (Å²) in [5, 5.41) is 20.1. The van der Waals surface area contributed by atoms with Crippen molar-refractivity contribution in [1.82, 2.24) is 41.8 Å². The van der Waals surface area contributed by atoms with Crippen LogP contribution in [0.4, 0.5) is 0 Å². The number of thioether (sulfide) groups is 1. The van der Waals surface area contributed by atoms with Crippen LogP contribution in [0.5, 0.6) is 0 Å². The van der Waals surface area contributed by atoms with Crippen LogP contribution in [-0.4, -0.2) is 112 Å². The van der Waals surface area contributed by atoms with E-state index in [2.05, 4.69) is 36.9 Å². The quantitative estimate of drug-likeness (QED) is 0.152. The van der Waals surface area contributed by atoms with Gasteiger partial charge in [0.25, 0.3) is 0 Å². The van der Waals surface area contributed by atoms with Gasteiger partial charge < -0.3 is 36.8 Å². The first-order valence-corrected chi connectivity index (χ1v) is 23.1. The lowest BCUT2D eigenvalue weighted by Crippen LogP contribution is -2.64. The number of amides is 6. The summed E-state index contributed by atoms with van der Waals surface area (Å²) in [6, 6.07) is 3.77. The molecule has 16 nitrogen and oxygen atoms in total. The van der Waals surface area contributed by atoms with E-state index in [-0.39, 0.29) is 59.9 Å². The van der Waals surface area contributed by atoms with Gasteiger partial charge >= 0.3 is 0 Å². The second-order valence-corrected chi connectivity index (χ2v) is 20.6. The Morgan fingerprint density at radius 2 is 1.66 bits per heavy atom. The number of rotatable bonds is 14. The zero-order chi connectivity index (χ0) is 45.9. The second-order valence-electron chi connectivity index (χ2n) is 18.6. The van der Waals surface area contributed by atoms with Gasteiger partial charge in [0.2, 0.25) is 35.4 Å². The first kappa shape index (κ1) is 49.8. The van der Waals surface area contributed by atoms with E-state index in [0.717, 1.165) is 17.3 Å². The standard InChI is InChI=1S/C44H65N9O7S2/c1-25(2)33-39(58)52-35(43(5,6)7)37(47-24-31(55)53-19-16-26(3)34(53)40(59)50-33)51-36(44(8,9)10)41(60)48-29(22-28-14-12-11-13-15-28)38(57)49-30(42-46-18-21-62-42)23-32(56)61-20-17-45-27(4)54/h11-15,18,21,25-26,29-30,33-36H,16-17,19-20,22-24H2,1-10H3,(H,45,54)(H,47,51)(H,48,60)(H,49,57)(H,50,59)(H,52,58)/t26-,29+,30+,33+,34+,35-,36-/m1/s1. The number of benzene rings is 1. The molecule has 0 saturated carbocycles. The molecule has 0 radical (unpaired) electrons. The predicted octanol–water partition coefficient (Wildman–Crippen LogP) is 3.14. The molecular formula is C44H65N9O7S2. The SMILES string of the molecule is CC(=O)NCCSC(=O)C[C@H](NC(=O)[C@H](Cc1ccccc1)NC(=O)[C@@H](NC1=NCC(=O)N2CC[C@@H](C)[C@H]2C(=O)N[C@@H](C(C)C)C(=O)N[C@H]1C(C)(C)C)C(C)(C)C)c1nccs1. The van der Waals surface area contributed by atoms with E-state index in [9.17, 15) is 33.6 Å². The molecule has 6 amide bonds. The maximum Gasteiger partial charge on any atom is 0.244 e. The normalized spacial score (nSPS) is 21.5. The lowest BCUT2D eigenvalue weighted by Gasteiger charge is -2.39. The second kappa shape index (κ2) is 22.0. The van der Waals surface area contributed by atoms with Gasteiger partial charge in [-0.2, -0.15) is 0 Å². The minimum atomic E-state index is -1.11. The maximum absolute atomic E-state index is 14.8. The van der Waals surface area contributed by atoms with E-state index in [1.807, 2.05) is 92.6 Å². The van der Waals surface area contributed by atoms with Crippen LogP contribution in [0.25, 0.3) is 0 Å². The van der Waals surface area contributed by atoms with Crippen molar-refractivity contribution in [2.24, 2.45) is 27.7 Å². The fourth-order valence-electron chi connectivity index (χ4n) is 7.43. The Morgan fingerprint density at radius 3 is 2.26 bits per heavy atom. The van der Waals surface area contributed by atoms with Gasteiger partial charge in [0.05, 0.1) is 12.1 Å². The zero-order valence-corrected chi connectivity index (χ0v) is 39.3. The van der Waals surface area contributed by atoms with Gasteiger partial charge in [0, 0.05) is 50.2 Å². The molecular weight excluding hydrogens is 831 g/mol. The Hall–Kier alpha value is -4.84. The van der Waals surface area contributed by atoms with Crippen molar-refractivity contribution in [1.29, 1.82) is 0 Å². The number of thiazole rings is 1. The summed E-state index contributed by atoms with van der Waals surface area (Å²) in [5.41, 5.74) is -0.735. The van der Waals surface area contributed by atoms with Crippen LogP contribution in [0.2, 0.25) is 0 Å². The Kier molecular flexibility index (Phi) is 17.7. The van der Waals surface area contributed by atoms with Gasteiger partial charge in [0.15, 0.2) is 5.12 Å². The summed E-state index contributed by atoms with van der Waals surface area (Å²) in [5.74, 6) is -2.29. The Labute approximate surface area is 373 Å². The van der Waals surface area contributed by atoms with Gasteiger partial charge in [-0.1, -0.05) is 104 Å². The highest BCUT2D eigenvalue weighted by Gasteiger charge is 2.44. The molecule has 2 aliphatic rings. The highest BCUT2D eigenvalue weighted by Crippen LogP contribution is 2.28. The summed E-state index contributed by atoms with van der Waals surface area (Å²) < 4.78 is 0. The number of carbonyl (C=O) groups excluding carboxylic acids is 7. The summed E-state index contributed by atoms with van der Waals surface area (Å²) in [6.45, 7) is 18.6. The summed E-state index contributed by atoms with van der Waals surface area (Å²) in [4.78, 5) is 106. The molecule has 0 spiro atoms. The van der Waals surface area contributed by atoms with Gasteiger partial charge in [-0.15, -0.1) is 11.3 Å². The molecule has 1 fully saturated rings. The first-order chi connectivity index (χ1) is 29.1. The van der Waals surface area contributed by atoms with Gasteiger partial charge in [-0.25, -0.2) is 4.98 Å². The van der Waals surface area contributed by atoms with Gasteiger partial charge in [-0.05, 0) is 34.7 Å². The number of amidine groups is 1. The largest absolute Gasteiger partial charge is 0.360 e. The molecule has 4 rings (SSSR count). The van der Waals surface area contributed by atoms with Crippen LogP contribution in [0.15, 0.2) is 46.9 Å². The van der Waals surface area contributed by atoms with Crippen molar-refractivity contribution in [3.63, 3.8) is 0 Å². The molecule has 2 aromatic rings. The van der Waals surface area contributed by atoms with Crippen LogP contribution in [0.3, 0.4) is 0 Å². The predicted molar refractivity (Wildman–Crippen MR) is 242 cm³/mol. The Morgan fingerprint density at radius 1 is 0.968 bits per heavy atom. The molecule has 7 atom stereocenters. The molecule has 18 heteroatoms. The molecule has 1 saturated heterocycles. The van der Waals surface area contributed by atoms with E-state index in [4.69, 9.17) is 4.99 Å². The lowest BCUT2D eigenvalue weighted by atomic mass is 9.82. The van der Waals surface area contributed by atoms with Crippen LogP contribution in [-0.2, 0) is 40.0 Å². The van der Waals surface area contributed by atoms with E-state index in [1.165, 1.54) is 23.2 Å². The maximum atomic E-state index is 14.8. The number of hydrogen-bond acceptors (Lipinski definition) is 12. The fraction of sp³-hybridized carbons (Fsp3) is 0.614. The summed E-state index contributed by atoms with van der Waals surface area (Å²) in [6.07, 6.45) is 2.25. The first-order valence-electron chi connectivity index (χ1n) is 21.2. The third-order valence-corrected chi connectivity index (χ3v) is 12.6. The minimum absolute atomic E-state index is 0.0704. The number of aliphatic imine (C=N–C) groups is 1. The number of fused-ring (bicyclic) bond motifs is 1. The smallest absolute Gasteiger partial charge is 0.244 e. The topological polar surface area (TPSA) is 220 Å². The minimum Gasteiger partial charge on any atom is -0.360 e. The molecule has 2 aliphatic heterocycles. The van der Waals surface area contributed by atoms with Gasteiger partial charge in [0.1, 0.15) is 41.6 Å². The molecule has 0 aliphatic carbocycles. The zero-order valence-electron chi connectivity index (χ0n) is 37.6. The average molecular weight is 896 g/mol. The van der Waals surface area contributed by atoms with Crippen molar-refractivity contribution in [2.45, 2.75) is 125 Å². The monoisotopic (exact) mass is 895 g/mol. The van der Waals surface area contributed by atoms with E-state index in [0.29, 0.717) is 30.3 Å². The third-order valence-electron chi connectivity index (χ3n) is 10.9. The molecule has 1 aromatic carbocycles. The third kappa shape index (κ3) is 14.1. The van der Waals surface area contributed by atoms with Crippen LogP contribution in [0, 0.1) is 22.7 Å². The molecule has 1 aromatic heterocycles. The highest BCUT2D eigenvalue weighted by molar-refractivity contribution is 8.13. The molecule has 3 heterocycles. The van der Waals surface area contributed by atoms with E-state index >= 15 is 0 Å². The molecule has 0 unspecified atom stereocenters. The fourth-order valence-corrected chi connectivity index (χ4v) is 8.83.